The summed E-state index contributed by atoms with van der Waals surface area (Å²) in [5.41, 5.74) is 0.651. The molecule has 122 valence electrons. The highest BCUT2D eigenvalue weighted by Crippen LogP contribution is 2.22. The van der Waals surface area contributed by atoms with Crippen molar-refractivity contribution >= 4 is 11.5 Å². The Labute approximate surface area is 134 Å². The average Bonchev–Trinajstić information content (AvgIpc) is 3.20. The van der Waals surface area contributed by atoms with E-state index in [0.717, 1.165) is 12.3 Å². The normalized spacial score (nSPS) is 11.7. The number of allylic oxidation sites excluding steroid dienone is 1. The number of rotatable bonds is 5. The van der Waals surface area contributed by atoms with E-state index in [1.165, 1.54) is 30.6 Å². The second-order valence-corrected chi connectivity index (χ2v) is 4.93. The van der Waals surface area contributed by atoms with E-state index >= 15 is 0 Å². The number of H-pyrrole nitrogens is 1. The van der Waals surface area contributed by atoms with Crippen LogP contribution in [0.25, 0.3) is 5.76 Å². The first-order valence-electron chi connectivity index (χ1n) is 6.86. The van der Waals surface area contributed by atoms with Gasteiger partial charge in [-0.1, -0.05) is 12.1 Å². The molecule has 0 saturated carbocycles. The third kappa shape index (κ3) is 3.22. The Hall–Kier alpha value is -3.29. The molecule has 1 aromatic carbocycles. The zero-order valence-corrected chi connectivity index (χ0v) is 12.2. The lowest BCUT2D eigenvalue weighted by molar-refractivity contribution is 0.103. The van der Waals surface area contributed by atoms with Gasteiger partial charge in [-0.15, -0.1) is 0 Å². The van der Waals surface area contributed by atoms with Gasteiger partial charge in [0.2, 0.25) is 5.82 Å². The number of carbonyl (C=O) groups excluding carboxylic acids is 1. The largest absolute Gasteiger partial charge is 0.504 e. The Morgan fingerprint density at radius 3 is 2.71 bits per heavy atom. The Morgan fingerprint density at radius 2 is 2.04 bits per heavy atom. The fourth-order valence-electron chi connectivity index (χ4n) is 2.17. The van der Waals surface area contributed by atoms with E-state index in [4.69, 9.17) is 0 Å². The van der Waals surface area contributed by atoms with Gasteiger partial charge in [0.05, 0.1) is 6.26 Å². The molecular weight excluding hydrogens is 320 g/mol. The molecule has 0 aliphatic carbocycles. The number of aromatic nitrogens is 3. The molecular formula is C16H11F2N3O3. The average molecular weight is 331 g/mol. The van der Waals surface area contributed by atoms with Gasteiger partial charge < -0.3 is 9.52 Å². The van der Waals surface area contributed by atoms with E-state index in [9.17, 15) is 18.7 Å². The lowest BCUT2D eigenvalue weighted by Gasteiger charge is -2.01. The number of aromatic amines is 1. The van der Waals surface area contributed by atoms with Crippen LogP contribution in [0.5, 0.6) is 0 Å². The van der Waals surface area contributed by atoms with Crippen LogP contribution >= 0.6 is 0 Å². The van der Waals surface area contributed by atoms with Gasteiger partial charge in [0, 0.05) is 18.1 Å². The molecule has 8 heteroatoms. The van der Waals surface area contributed by atoms with Crippen LogP contribution in [0.4, 0.5) is 8.78 Å². The van der Waals surface area contributed by atoms with Crippen molar-refractivity contribution in [3.05, 3.63) is 77.3 Å². The number of aliphatic hydroxyl groups is 1. The molecule has 0 spiro atoms. The maximum Gasteiger partial charge on any atom is 0.289 e. The molecule has 0 bridgehead atoms. The first-order chi connectivity index (χ1) is 11.5. The number of benzene rings is 1. The number of carbonyl (C=O) groups is 1. The summed E-state index contributed by atoms with van der Waals surface area (Å²) in [5, 5.41) is 15.8. The van der Waals surface area contributed by atoms with Crippen LogP contribution in [-0.2, 0) is 6.42 Å². The number of aliphatic hydroxyl groups excluding tert-OH is 1. The monoisotopic (exact) mass is 331 g/mol. The smallest absolute Gasteiger partial charge is 0.289 e. The molecule has 6 nitrogen and oxygen atoms in total. The van der Waals surface area contributed by atoms with Gasteiger partial charge in [0.1, 0.15) is 17.7 Å². The van der Waals surface area contributed by atoms with Gasteiger partial charge in [-0.05, 0) is 17.7 Å². The van der Waals surface area contributed by atoms with Crippen molar-refractivity contribution in [1.82, 2.24) is 15.2 Å². The third-order valence-corrected chi connectivity index (χ3v) is 3.29. The quantitative estimate of drug-likeness (QED) is 0.426. The van der Waals surface area contributed by atoms with Gasteiger partial charge in [0.15, 0.2) is 11.5 Å². The summed E-state index contributed by atoms with van der Waals surface area (Å²) >= 11 is 0. The fraction of sp³-hybridized carbons (Fsp3) is 0.0625. The van der Waals surface area contributed by atoms with Gasteiger partial charge in [-0.3, -0.25) is 9.89 Å². The molecule has 0 unspecified atom stereocenters. The van der Waals surface area contributed by atoms with E-state index < -0.39 is 23.4 Å². The Bertz CT molecular complexity index is 884. The third-order valence-electron chi connectivity index (χ3n) is 3.29. The first kappa shape index (κ1) is 15.6. The molecule has 0 aliphatic rings. The minimum Gasteiger partial charge on any atom is -0.504 e. The molecule has 2 aromatic heterocycles. The molecule has 24 heavy (non-hydrogen) atoms. The number of halogens is 2. The standard InChI is InChI=1S/C16H11F2N3O3/c17-11-3-1-9(2-4-11)5-10-7-24-15(18)14(10)12(22)6-13(23)16-19-8-20-21-16/h1-4,6-8,23H,5H2,(H,19,20,21). The molecule has 0 atom stereocenters. The van der Waals surface area contributed by atoms with Crippen molar-refractivity contribution in [2.75, 3.05) is 0 Å². The maximum atomic E-state index is 13.8. The maximum absolute atomic E-state index is 13.8. The number of hydrogen-bond donors (Lipinski definition) is 2. The predicted molar refractivity (Wildman–Crippen MR) is 79.2 cm³/mol. The molecule has 0 amide bonds. The van der Waals surface area contributed by atoms with Crippen molar-refractivity contribution in [1.29, 1.82) is 0 Å². The highest BCUT2D eigenvalue weighted by atomic mass is 19.1. The number of nitrogens with zero attached hydrogens (tertiary/aromatic N) is 2. The predicted octanol–water partition coefficient (Wildman–Crippen LogP) is 3.05. The van der Waals surface area contributed by atoms with Crippen LogP contribution in [0.1, 0.15) is 27.3 Å². The fourth-order valence-corrected chi connectivity index (χ4v) is 2.17. The SMILES string of the molecule is O=C(C=C(O)c1nc[nH]n1)c1c(Cc2ccc(F)cc2)coc1F. The van der Waals surface area contributed by atoms with Crippen LogP contribution in [0, 0.1) is 11.8 Å². The second-order valence-electron chi connectivity index (χ2n) is 4.93. The van der Waals surface area contributed by atoms with Gasteiger partial charge in [-0.2, -0.15) is 9.49 Å². The summed E-state index contributed by atoms with van der Waals surface area (Å²) < 4.78 is 31.4. The number of furan rings is 1. The van der Waals surface area contributed by atoms with Crippen molar-refractivity contribution < 1.29 is 23.1 Å². The van der Waals surface area contributed by atoms with Crippen molar-refractivity contribution in [3.8, 4) is 0 Å². The summed E-state index contributed by atoms with van der Waals surface area (Å²) in [6.07, 6.45) is 3.32. The van der Waals surface area contributed by atoms with E-state index in [0.29, 0.717) is 5.56 Å². The van der Waals surface area contributed by atoms with Crippen LogP contribution in [0.15, 0.2) is 47.3 Å². The van der Waals surface area contributed by atoms with E-state index in [-0.39, 0.29) is 23.4 Å². The minimum absolute atomic E-state index is 0.0904. The molecule has 0 saturated heterocycles. The van der Waals surface area contributed by atoms with Crippen molar-refractivity contribution in [3.63, 3.8) is 0 Å². The molecule has 2 heterocycles. The number of hydrogen-bond acceptors (Lipinski definition) is 5. The lowest BCUT2D eigenvalue weighted by atomic mass is 10.0. The summed E-state index contributed by atoms with van der Waals surface area (Å²) in [5.74, 6) is -1.78. The Balaban J connectivity index is 1.88. The van der Waals surface area contributed by atoms with E-state index in [2.05, 4.69) is 19.6 Å². The number of ketones is 1. The summed E-state index contributed by atoms with van der Waals surface area (Å²) in [4.78, 5) is 15.9. The van der Waals surface area contributed by atoms with Crippen molar-refractivity contribution in [2.45, 2.75) is 6.42 Å². The van der Waals surface area contributed by atoms with Gasteiger partial charge in [0.25, 0.3) is 6.01 Å². The van der Waals surface area contributed by atoms with Crippen molar-refractivity contribution in [2.24, 2.45) is 0 Å². The molecule has 0 fully saturated rings. The van der Waals surface area contributed by atoms with E-state index in [1.807, 2.05) is 0 Å². The van der Waals surface area contributed by atoms with Gasteiger partial charge in [-0.25, -0.2) is 9.37 Å². The molecule has 3 aromatic rings. The summed E-state index contributed by atoms with van der Waals surface area (Å²) in [7, 11) is 0. The zero-order chi connectivity index (χ0) is 17.1. The topological polar surface area (TPSA) is 92.0 Å². The summed E-state index contributed by atoms with van der Waals surface area (Å²) in [6, 6.07) is 4.52. The molecule has 3 rings (SSSR count). The van der Waals surface area contributed by atoms with Crippen LogP contribution in [-0.4, -0.2) is 26.1 Å². The molecule has 0 radical (unpaired) electrons. The first-order valence-corrected chi connectivity index (χ1v) is 6.86. The molecule has 2 N–H and O–H groups in total. The zero-order valence-electron chi connectivity index (χ0n) is 12.2. The number of nitrogens with one attached hydrogen (secondary N) is 1. The Morgan fingerprint density at radius 1 is 1.29 bits per heavy atom. The highest BCUT2D eigenvalue weighted by molar-refractivity contribution is 6.08. The Kier molecular flexibility index (Phi) is 4.19. The second kappa shape index (κ2) is 6.45. The van der Waals surface area contributed by atoms with Crippen LogP contribution < -0.4 is 0 Å². The van der Waals surface area contributed by atoms with E-state index in [1.54, 1.807) is 0 Å². The summed E-state index contributed by atoms with van der Waals surface area (Å²) in [6.45, 7) is 0. The van der Waals surface area contributed by atoms with Crippen LogP contribution in [0.3, 0.4) is 0 Å². The molecule has 0 aliphatic heterocycles. The minimum atomic E-state index is -1.06. The highest BCUT2D eigenvalue weighted by Gasteiger charge is 2.21. The van der Waals surface area contributed by atoms with Gasteiger partial charge >= 0.3 is 0 Å². The van der Waals surface area contributed by atoms with Crippen LogP contribution in [0.2, 0.25) is 0 Å². The lowest BCUT2D eigenvalue weighted by Crippen LogP contribution is -2.03.